The number of ether oxygens (including phenoxy) is 3. The van der Waals surface area contributed by atoms with Crippen molar-refractivity contribution in [1.29, 1.82) is 0 Å². The molecule has 4 rings (SSSR count). The van der Waals surface area contributed by atoms with E-state index in [-0.39, 0.29) is 34.3 Å². The van der Waals surface area contributed by atoms with Crippen LogP contribution in [0.15, 0.2) is 57.6 Å². The molecule has 0 spiro atoms. The number of benzene rings is 1. The molecule has 9 nitrogen and oxygen atoms in total. The molecule has 234 valence electrons. The molecule has 2 aliphatic heterocycles. The van der Waals surface area contributed by atoms with E-state index in [1.165, 1.54) is 44.6 Å². The maximum atomic E-state index is 13.3. The first kappa shape index (κ1) is 32.4. The van der Waals surface area contributed by atoms with Crippen LogP contribution in [0.1, 0.15) is 92.4 Å². The van der Waals surface area contributed by atoms with Gasteiger partial charge in [-0.1, -0.05) is 25.1 Å². The van der Waals surface area contributed by atoms with Gasteiger partial charge in [0.05, 0.1) is 37.8 Å². The highest BCUT2D eigenvalue weighted by Gasteiger charge is 2.43. The number of furan rings is 1. The molecule has 9 heteroatoms. The number of amides is 1. The van der Waals surface area contributed by atoms with Crippen molar-refractivity contribution in [3.8, 4) is 0 Å². The number of fused-ring (bicyclic) bond motifs is 1. The van der Waals surface area contributed by atoms with Gasteiger partial charge < -0.3 is 34.2 Å². The molecule has 1 aromatic carbocycles. The van der Waals surface area contributed by atoms with Crippen molar-refractivity contribution in [2.45, 2.75) is 78.4 Å². The molecule has 0 saturated carbocycles. The van der Waals surface area contributed by atoms with Crippen LogP contribution in [0.5, 0.6) is 0 Å². The predicted molar refractivity (Wildman–Crippen MR) is 169 cm³/mol. The molecule has 0 unspecified atom stereocenters. The number of rotatable bonds is 11. The van der Waals surface area contributed by atoms with Crippen molar-refractivity contribution < 1.29 is 23.4 Å². The largest absolute Gasteiger partial charge is 0.495 e. The van der Waals surface area contributed by atoms with Gasteiger partial charge in [0.25, 0.3) is 5.91 Å². The van der Waals surface area contributed by atoms with Crippen LogP contribution in [0.25, 0.3) is 0 Å². The number of hydrogen-bond acceptors (Lipinski definition) is 7. The SMILES string of the molecule is C=C(OC)/C(NC(=O)c1ccc(Cc2cc3c(cc2C)C(C)(C)OC3(C)C)o1)=C(\NC(C)=NCCN1CCCCC1)OC. The third-order valence-electron chi connectivity index (χ3n) is 8.24. The summed E-state index contributed by atoms with van der Waals surface area (Å²) in [6.07, 6.45) is 4.35. The number of amidine groups is 1. The quantitative estimate of drug-likeness (QED) is 0.146. The minimum atomic E-state index is -0.447. The molecular weight excluding hydrogens is 544 g/mol. The molecule has 1 fully saturated rings. The van der Waals surface area contributed by atoms with E-state index in [9.17, 15) is 4.79 Å². The number of methoxy groups -OCH3 is 2. The zero-order valence-corrected chi connectivity index (χ0v) is 27.1. The summed E-state index contributed by atoms with van der Waals surface area (Å²) in [5.74, 6) is 1.56. The summed E-state index contributed by atoms with van der Waals surface area (Å²) >= 11 is 0. The highest BCUT2D eigenvalue weighted by atomic mass is 16.5. The molecular formula is C34H48N4O5. The van der Waals surface area contributed by atoms with Crippen LogP contribution in [0, 0.1) is 6.92 Å². The third-order valence-corrected chi connectivity index (χ3v) is 8.24. The Morgan fingerprint density at radius 2 is 1.70 bits per heavy atom. The molecule has 0 bridgehead atoms. The number of nitrogens with zero attached hydrogens (tertiary/aromatic N) is 2. The van der Waals surface area contributed by atoms with Crippen molar-refractivity contribution >= 4 is 11.7 Å². The smallest absolute Gasteiger partial charge is 0.291 e. The van der Waals surface area contributed by atoms with E-state index in [4.69, 9.17) is 18.6 Å². The summed E-state index contributed by atoms with van der Waals surface area (Å²) in [4.78, 5) is 20.4. The van der Waals surface area contributed by atoms with Gasteiger partial charge in [0, 0.05) is 13.0 Å². The standard InChI is InChI=1S/C34H48N4O5/c1-22-19-27-28(34(6,7)43-33(27,4)5)21-25(22)20-26-13-14-29(42-26)31(39)37-30(23(2)40-8)32(41-9)36-24(3)35-15-18-38-16-11-10-12-17-38/h13-14,19,21H,2,10-12,15-18,20H2,1,3-9H3,(H,35,36)(H,37,39)/b32-30-. The zero-order valence-electron chi connectivity index (χ0n) is 27.1. The summed E-state index contributed by atoms with van der Waals surface area (Å²) in [5, 5.41) is 5.99. The van der Waals surface area contributed by atoms with E-state index < -0.39 is 5.91 Å². The van der Waals surface area contributed by atoms with Crippen LogP contribution in [-0.2, 0) is 31.8 Å². The topological polar surface area (TPSA) is 97.6 Å². The Bertz CT molecular complexity index is 1400. The molecule has 3 heterocycles. The van der Waals surface area contributed by atoms with Gasteiger partial charge in [-0.05, 0) is 102 Å². The van der Waals surface area contributed by atoms with Crippen LogP contribution in [0.3, 0.4) is 0 Å². The third kappa shape index (κ3) is 7.70. The van der Waals surface area contributed by atoms with Crippen molar-refractivity contribution in [3.05, 3.63) is 82.0 Å². The number of carbonyl (C=O) groups excluding carboxylic acids is 1. The molecule has 2 aromatic rings. The fourth-order valence-corrected chi connectivity index (χ4v) is 5.96. The first-order valence-electron chi connectivity index (χ1n) is 15.1. The fourth-order valence-electron chi connectivity index (χ4n) is 5.96. The van der Waals surface area contributed by atoms with Gasteiger partial charge in [-0.2, -0.15) is 0 Å². The number of aryl methyl sites for hydroxylation is 1. The summed E-state index contributed by atoms with van der Waals surface area (Å²) in [7, 11) is 2.99. The second-order valence-electron chi connectivity index (χ2n) is 12.4. The Balaban J connectivity index is 1.46. The zero-order chi connectivity index (χ0) is 31.4. The lowest BCUT2D eigenvalue weighted by atomic mass is 9.86. The molecule has 1 saturated heterocycles. The lowest BCUT2D eigenvalue weighted by molar-refractivity contribution is -0.105. The van der Waals surface area contributed by atoms with Gasteiger partial charge in [0.1, 0.15) is 17.2 Å². The lowest BCUT2D eigenvalue weighted by Gasteiger charge is -2.25. The Kier molecular flexibility index (Phi) is 10.1. The van der Waals surface area contributed by atoms with Crippen molar-refractivity contribution in [1.82, 2.24) is 15.5 Å². The van der Waals surface area contributed by atoms with Crippen LogP contribution >= 0.6 is 0 Å². The van der Waals surface area contributed by atoms with Crippen molar-refractivity contribution in [3.63, 3.8) is 0 Å². The van der Waals surface area contributed by atoms with Crippen molar-refractivity contribution in [2.24, 2.45) is 4.99 Å². The van der Waals surface area contributed by atoms with Crippen LogP contribution in [0.2, 0.25) is 0 Å². The highest BCUT2D eigenvalue weighted by molar-refractivity contribution is 5.93. The molecule has 0 radical (unpaired) electrons. The summed E-state index contributed by atoms with van der Waals surface area (Å²) in [5.41, 5.74) is 4.21. The van der Waals surface area contributed by atoms with E-state index in [0.29, 0.717) is 24.6 Å². The average molecular weight is 593 g/mol. The van der Waals surface area contributed by atoms with E-state index in [2.05, 4.69) is 73.9 Å². The number of hydrogen-bond donors (Lipinski definition) is 2. The Labute approximate surface area is 256 Å². The number of carbonyl (C=O) groups is 1. The minimum absolute atomic E-state index is 0.169. The molecule has 0 atom stereocenters. The number of nitrogens with one attached hydrogen (secondary N) is 2. The highest BCUT2D eigenvalue weighted by Crippen LogP contribution is 2.47. The number of piperidine rings is 1. The van der Waals surface area contributed by atoms with Crippen LogP contribution in [-0.4, -0.2) is 57.0 Å². The predicted octanol–water partition coefficient (Wildman–Crippen LogP) is 5.88. The Morgan fingerprint density at radius 3 is 2.35 bits per heavy atom. The normalized spacial score (nSPS) is 18.5. The van der Waals surface area contributed by atoms with Gasteiger partial charge >= 0.3 is 0 Å². The Hall–Kier alpha value is -3.56. The van der Waals surface area contributed by atoms with E-state index in [1.807, 2.05) is 13.0 Å². The first-order valence-corrected chi connectivity index (χ1v) is 15.1. The van der Waals surface area contributed by atoms with Gasteiger partial charge in [-0.25, -0.2) is 0 Å². The second-order valence-corrected chi connectivity index (χ2v) is 12.4. The van der Waals surface area contributed by atoms with Gasteiger partial charge in [0.2, 0.25) is 5.88 Å². The maximum Gasteiger partial charge on any atom is 0.291 e. The minimum Gasteiger partial charge on any atom is -0.495 e. The monoisotopic (exact) mass is 592 g/mol. The summed E-state index contributed by atoms with van der Waals surface area (Å²) < 4.78 is 23.3. The fraction of sp³-hybridized carbons (Fsp3) is 0.529. The molecule has 2 aliphatic rings. The Morgan fingerprint density at radius 1 is 1.02 bits per heavy atom. The van der Waals surface area contributed by atoms with Crippen LogP contribution < -0.4 is 10.6 Å². The summed E-state index contributed by atoms with van der Waals surface area (Å²) in [6.45, 7) is 20.1. The second kappa shape index (κ2) is 13.4. The number of likely N-dealkylation sites (tertiary alicyclic amines) is 1. The molecule has 43 heavy (non-hydrogen) atoms. The number of aliphatic imine (C=N–C) groups is 1. The average Bonchev–Trinajstić information content (AvgIpc) is 3.50. The molecule has 2 N–H and O–H groups in total. The van der Waals surface area contributed by atoms with Gasteiger partial charge in [-0.3, -0.25) is 9.79 Å². The maximum absolute atomic E-state index is 13.3. The molecule has 0 aliphatic carbocycles. The van der Waals surface area contributed by atoms with Gasteiger partial charge in [-0.15, -0.1) is 0 Å². The van der Waals surface area contributed by atoms with E-state index >= 15 is 0 Å². The lowest BCUT2D eigenvalue weighted by Crippen LogP contribution is -2.33. The molecule has 1 amide bonds. The van der Waals surface area contributed by atoms with Gasteiger partial charge in [0.15, 0.2) is 5.76 Å². The van der Waals surface area contributed by atoms with Crippen molar-refractivity contribution in [2.75, 3.05) is 40.4 Å². The molecule has 1 aromatic heterocycles. The van der Waals surface area contributed by atoms with E-state index in [0.717, 1.165) is 30.8 Å². The van der Waals surface area contributed by atoms with Crippen LogP contribution in [0.4, 0.5) is 0 Å². The summed E-state index contributed by atoms with van der Waals surface area (Å²) in [6, 6.07) is 7.92. The van der Waals surface area contributed by atoms with E-state index in [1.54, 1.807) is 6.07 Å². The first-order chi connectivity index (χ1) is 20.3.